The molecule has 0 aromatic rings. The molecule has 0 bridgehead atoms. The van der Waals surface area contributed by atoms with Gasteiger partial charge < -0.3 is 30.3 Å². The van der Waals surface area contributed by atoms with E-state index in [1.54, 1.807) is 0 Å². The van der Waals surface area contributed by atoms with Crippen molar-refractivity contribution in [2.75, 3.05) is 13.2 Å². The molecule has 0 aliphatic carbocycles. The molecule has 156 valence electrons. The Bertz CT molecular complexity index is 347. The minimum absolute atomic E-state index is 0.280. The van der Waals surface area contributed by atoms with Crippen LogP contribution in [0.5, 0.6) is 0 Å². The molecule has 0 aromatic heterocycles. The largest absolute Gasteiger partial charge is 0.429 e. The van der Waals surface area contributed by atoms with Gasteiger partial charge in [0.2, 0.25) is 5.79 Å². The lowest BCUT2D eigenvalue weighted by Crippen LogP contribution is -2.43. The first-order valence-corrected chi connectivity index (χ1v) is 9.87. The molecule has 7 heteroatoms. The van der Waals surface area contributed by atoms with Gasteiger partial charge in [0.1, 0.15) is 6.61 Å². The number of carbonyl (C=O) groups excluding carboxylic acids is 1. The third-order valence-corrected chi connectivity index (χ3v) is 4.38. The second-order valence-electron chi connectivity index (χ2n) is 7.17. The lowest BCUT2D eigenvalue weighted by molar-refractivity contribution is -0.224. The van der Waals surface area contributed by atoms with E-state index >= 15 is 0 Å². The van der Waals surface area contributed by atoms with Gasteiger partial charge in [-0.2, -0.15) is 0 Å². The quantitative estimate of drug-likeness (QED) is 0.148. The van der Waals surface area contributed by atoms with Gasteiger partial charge in [0.15, 0.2) is 6.10 Å². The molecular formula is C19H38O7. The fourth-order valence-corrected chi connectivity index (χ4v) is 2.68. The fraction of sp³-hybridized carbons (Fsp3) is 0.947. The molecule has 3 atom stereocenters. The van der Waals surface area contributed by atoms with Crippen LogP contribution in [0.2, 0.25) is 0 Å². The van der Waals surface area contributed by atoms with E-state index in [0.717, 1.165) is 39.0 Å². The Hall–Kier alpha value is -0.730. The molecule has 0 saturated heterocycles. The Kier molecular flexibility index (Phi) is 14.9. The van der Waals surface area contributed by atoms with Gasteiger partial charge in [-0.15, -0.1) is 0 Å². The molecule has 0 amide bonds. The number of ether oxygens (including phenoxy) is 1. The van der Waals surface area contributed by atoms with Gasteiger partial charge in [-0.1, -0.05) is 64.2 Å². The maximum atomic E-state index is 11.6. The van der Waals surface area contributed by atoms with Gasteiger partial charge in [-0.3, -0.25) is 0 Å². The number of unbranched alkanes of at least 4 members (excludes halogenated alkanes) is 10. The molecule has 0 radical (unpaired) electrons. The zero-order chi connectivity index (χ0) is 19.8. The molecule has 0 rings (SSSR count). The third-order valence-electron chi connectivity index (χ3n) is 4.38. The van der Waals surface area contributed by atoms with Gasteiger partial charge in [0.05, 0.1) is 6.10 Å². The zero-order valence-electron chi connectivity index (χ0n) is 16.1. The number of rotatable bonds is 17. The van der Waals surface area contributed by atoms with Crippen LogP contribution in [-0.4, -0.2) is 62.7 Å². The highest BCUT2D eigenvalue weighted by atomic mass is 16.7. The summed E-state index contributed by atoms with van der Waals surface area (Å²) in [7, 11) is 0. The first-order valence-electron chi connectivity index (χ1n) is 9.87. The lowest BCUT2D eigenvalue weighted by Gasteiger charge is -2.24. The van der Waals surface area contributed by atoms with E-state index in [2.05, 4.69) is 4.74 Å². The van der Waals surface area contributed by atoms with Gasteiger partial charge in [0.25, 0.3) is 0 Å². The minimum atomic E-state index is -2.06. The molecule has 0 heterocycles. The highest BCUT2D eigenvalue weighted by Crippen LogP contribution is 2.14. The molecule has 5 N–H and O–H groups in total. The molecule has 0 aliphatic rings. The lowest BCUT2D eigenvalue weighted by atomic mass is 10.0. The summed E-state index contributed by atoms with van der Waals surface area (Å²) in [5.74, 6) is -3.20. The highest BCUT2D eigenvalue weighted by molar-refractivity contribution is 5.75. The van der Waals surface area contributed by atoms with Crippen LogP contribution < -0.4 is 0 Å². The summed E-state index contributed by atoms with van der Waals surface area (Å²) in [6.45, 7) is 0.597. The number of aliphatic hydroxyl groups excluding tert-OH is 4. The SMILES string of the molecule is CC(O)(CO)OC(=O)C(O)C(O)CCCCCCCCCCCCCO. The standard InChI is InChI=1S/C19H38O7/c1-19(25,15-21)26-18(24)17(23)16(22)13-11-9-7-5-3-2-4-6-8-10-12-14-20/h16-17,20-23,25H,2-15H2,1H3. The Morgan fingerprint density at radius 3 is 1.69 bits per heavy atom. The monoisotopic (exact) mass is 378 g/mol. The molecule has 26 heavy (non-hydrogen) atoms. The van der Waals surface area contributed by atoms with Crippen molar-refractivity contribution < 1.29 is 35.1 Å². The Morgan fingerprint density at radius 1 is 0.846 bits per heavy atom. The second-order valence-corrected chi connectivity index (χ2v) is 7.17. The van der Waals surface area contributed by atoms with Crippen LogP contribution in [0.1, 0.15) is 84.0 Å². The maximum Gasteiger partial charge on any atom is 0.340 e. The predicted octanol–water partition coefficient (Wildman–Crippen LogP) is 1.63. The summed E-state index contributed by atoms with van der Waals surface area (Å²) in [5, 5.41) is 46.4. The number of hydrogen-bond donors (Lipinski definition) is 5. The van der Waals surface area contributed by atoms with Crippen molar-refractivity contribution in [3.05, 3.63) is 0 Å². The maximum absolute atomic E-state index is 11.6. The van der Waals surface area contributed by atoms with E-state index in [4.69, 9.17) is 10.2 Å². The van der Waals surface area contributed by atoms with Crippen molar-refractivity contribution >= 4 is 5.97 Å². The number of carbonyl (C=O) groups is 1. The van der Waals surface area contributed by atoms with Crippen LogP contribution >= 0.6 is 0 Å². The first-order chi connectivity index (χ1) is 12.3. The van der Waals surface area contributed by atoms with Crippen molar-refractivity contribution in [2.45, 2.75) is 102 Å². The summed E-state index contributed by atoms with van der Waals surface area (Å²) >= 11 is 0. The number of aliphatic hydroxyl groups is 5. The molecule has 3 unspecified atom stereocenters. The Labute approximate surface area is 157 Å². The van der Waals surface area contributed by atoms with Gasteiger partial charge in [-0.25, -0.2) is 4.79 Å². The summed E-state index contributed by atoms with van der Waals surface area (Å²) < 4.78 is 4.53. The normalized spacial score (nSPS) is 16.1. The predicted molar refractivity (Wildman–Crippen MR) is 98.3 cm³/mol. The topological polar surface area (TPSA) is 127 Å². The van der Waals surface area contributed by atoms with Crippen molar-refractivity contribution in [1.29, 1.82) is 0 Å². The fourth-order valence-electron chi connectivity index (χ4n) is 2.68. The van der Waals surface area contributed by atoms with Crippen molar-refractivity contribution in [1.82, 2.24) is 0 Å². The van der Waals surface area contributed by atoms with Crippen LogP contribution in [0.4, 0.5) is 0 Å². The Morgan fingerprint density at radius 2 is 1.27 bits per heavy atom. The van der Waals surface area contributed by atoms with Crippen LogP contribution in [-0.2, 0) is 9.53 Å². The summed E-state index contributed by atoms with van der Waals surface area (Å²) in [6.07, 6.45) is 9.19. The van der Waals surface area contributed by atoms with Crippen LogP contribution in [0.15, 0.2) is 0 Å². The van der Waals surface area contributed by atoms with E-state index in [-0.39, 0.29) is 13.0 Å². The summed E-state index contributed by atoms with van der Waals surface area (Å²) in [5.41, 5.74) is 0. The molecular weight excluding hydrogens is 340 g/mol. The van der Waals surface area contributed by atoms with Crippen molar-refractivity contribution in [3.63, 3.8) is 0 Å². The van der Waals surface area contributed by atoms with E-state index in [1.165, 1.54) is 32.1 Å². The molecule has 0 aliphatic heterocycles. The molecule has 0 saturated carbocycles. The van der Waals surface area contributed by atoms with Gasteiger partial charge >= 0.3 is 5.97 Å². The molecule has 0 aromatic carbocycles. The summed E-state index contributed by atoms with van der Waals surface area (Å²) in [4.78, 5) is 11.6. The van der Waals surface area contributed by atoms with E-state index in [0.29, 0.717) is 6.42 Å². The minimum Gasteiger partial charge on any atom is -0.429 e. The average molecular weight is 379 g/mol. The second kappa shape index (κ2) is 15.3. The van der Waals surface area contributed by atoms with Crippen molar-refractivity contribution in [3.8, 4) is 0 Å². The number of hydrogen-bond acceptors (Lipinski definition) is 7. The average Bonchev–Trinajstić information content (AvgIpc) is 2.61. The molecule has 7 nitrogen and oxygen atoms in total. The smallest absolute Gasteiger partial charge is 0.340 e. The summed E-state index contributed by atoms with van der Waals surface area (Å²) in [6, 6.07) is 0. The molecule has 0 fully saturated rings. The van der Waals surface area contributed by atoms with Crippen molar-refractivity contribution in [2.24, 2.45) is 0 Å². The van der Waals surface area contributed by atoms with Gasteiger partial charge in [0, 0.05) is 13.5 Å². The Balaban J connectivity index is 3.58. The van der Waals surface area contributed by atoms with Crippen LogP contribution in [0, 0.1) is 0 Å². The highest BCUT2D eigenvalue weighted by Gasteiger charge is 2.32. The van der Waals surface area contributed by atoms with E-state index in [1.807, 2.05) is 0 Å². The first kappa shape index (κ1) is 25.3. The zero-order valence-corrected chi connectivity index (χ0v) is 16.1. The van der Waals surface area contributed by atoms with Gasteiger partial charge in [-0.05, 0) is 12.8 Å². The van der Waals surface area contributed by atoms with E-state index in [9.17, 15) is 20.1 Å². The third kappa shape index (κ3) is 13.5. The number of esters is 1. The molecule has 0 spiro atoms. The van der Waals surface area contributed by atoms with E-state index < -0.39 is 30.6 Å². The van der Waals surface area contributed by atoms with Crippen LogP contribution in [0.25, 0.3) is 0 Å². The van der Waals surface area contributed by atoms with Crippen LogP contribution in [0.3, 0.4) is 0 Å².